The molecule has 1 aliphatic heterocycles. The van der Waals surface area contributed by atoms with E-state index in [-0.39, 0.29) is 11.6 Å². The highest BCUT2D eigenvalue weighted by molar-refractivity contribution is 7.86. The second-order valence-electron chi connectivity index (χ2n) is 6.29. The zero-order valence-electron chi connectivity index (χ0n) is 14.6. The average molecular weight is 396 g/mol. The summed E-state index contributed by atoms with van der Waals surface area (Å²) in [4.78, 5) is 17.0. The molecule has 0 amide bonds. The van der Waals surface area contributed by atoms with Crippen LogP contribution >= 0.6 is 0 Å². The molecule has 0 spiro atoms. The van der Waals surface area contributed by atoms with Crippen molar-refractivity contribution in [3.63, 3.8) is 0 Å². The molecule has 2 aromatic carbocycles. The molecule has 1 aliphatic rings. The Kier molecular flexibility index (Phi) is 4.48. The topological polar surface area (TPSA) is 109 Å². The monoisotopic (exact) mass is 396 g/mol. The lowest BCUT2D eigenvalue weighted by Crippen LogP contribution is -2.16. The summed E-state index contributed by atoms with van der Waals surface area (Å²) in [6.07, 6.45) is 0.401. The molecule has 0 bridgehead atoms. The fraction of sp³-hybridized carbons (Fsp3) is 0.100. The minimum absolute atomic E-state index is 0.361. The van der Waals surface area contributed by atoms with E-state index in [9.17, 15) is 13.2 Å². The van der Waals surface area contributed by atoms with Gasteiger partial charge in [0.25, 0.3) is 0 Å². The minimum atomic E-state index is -4.08. The number of rotatable bonds is 5. The fourth-order valence-corrected chi connectivity index (χ4v) is 4.02. The second kappa shape index (κ2) is 6.97. The van der Waals surface area contributed by atoms with Crippen molar-refractivity contribution >= 4 is 26.8 Å². The van der Waals surface area contributed by atoms with Crippen molar-refractivity contribution in [2.45, 2.75) is 11.9 Å². The molecule has 8 heteroatoms. The number of Topliss-reactive ketones (excluding diaryl/α,β-unsaturated/α-hetero) is 1. The Hall–Kier alpha value is -3.39. The van der Waals surface area contributed by atoms with Gasteiger partial charge in [0.05, 0.1) is 5.52 Å². The van der Waals surface area contributed by atoms with Crippen molar-refractivity contribution in [3.05, 3.63) is 89.6 Å². The van der Waals surface area contributed by atoms with Crippen molar-refractivity contribution in [1.29, 1.82) is 0 Å². The van der Waals surface area contributed by atoms with Crippen LogP contribution in [-0.4, -0.2) is 19.2 Å². The number of carbonyl (C=O) groups is 1. The molecule has 0 saturated carbocycles. The van der Waals surface area contributed by atoms with Crippen LogP contribution in [0.2, 0.25) is 0 Å². The first-order valence-electron chi connectivity index (χ1n) is 8.44. The Morgan fingerprint density at radius 3 is 2.57 bits per heavy atom. The van der Waals surface area contributed by atoms with Gasteiger partial charge in [0.1, 0.15) is 5.75 Å². The first-order chi connectivity index (χ1) is 13.4. The first-order valence-corrected chi connectivity index (χ1v) is 10.0. The Morgan fingerprint density at radius 2 is 1.79 bits per heavy atom. The highest BCUT2D eigenvalue weighted by atomic mass is 32.2. The van der Waals surface area contributed by atoms with Gasteiger partial charge in [-0.3, -0.25) is 9.78 Å². The third-order valence-electron chi connectivity index (χ3n) is 4.24. The number of fused-ring (bicyclic) bond motifs is 1. The molecular formula is C20H16N2O5S. The summed E-state index contributed by atoms with van der Waals surface area (Å²) in [6.45, 7) is 0. The number of carbonyl (C=O) groups excluding carboxylic acids is 1. The SMILES string of the molecule is NC1=C(OS(=O)(=O)Cc2ccccc2)C(=O)C(c2cnc3ccccc3c2)O1. The summed E-state index contributed by atoms with van der Waals surface area (Å²) in [5, 5.41) is 0.820. The molecular weight excluding hydrogens is 380 g/mol. The van der Waals surface area contributed by atoms with Crippen LogP contribution in [-0.2, 0) is 29.6 Å². The Morgan fingerprint density at radius 1 is 1.07 bits per heavy atom. The summed E-state index contributed by atoms with van der Waals surface area (Å²) in [5.41, 5.74) is 7.50. The molecule has 28 heavy (non-hydrogen) atoms. The summed E-state index contributed by atoms with van der Waals surface area (Å²) in [6, 6.07) is 17.6. The fourth-order valence-electron chi connectivity index (χ4n) is 2.94. The quantitative estimate of drug-likeness (QED) is 0.660. The van der Waals surface area contributed by atoms with Crippen LogP contribution in [0.1, 0.15) is 17.2 Å². The number of hydrogen-bond acceptors (Lipinski definition) is 7. The van der Waals surface area contributed by atoms with Gasteiger partial charge < -0.3 is 14.7 Å². The number of pyridine rings is 1. The zero-order chi connectivity index (χ0) is 19.7. The summed E-state index contributed by atoms with van der Waals surface area (Å²) in [5.74, 6) is -1.92. The zero-order valence-corrected chi connectivity index (χ0v) is 15.4. The molecule has 3 aromatic rings. The molecule has 7 nitrogen and oxygen atoms in total. The summed E-state index contributed by atoms with van der Waals surface area (Å²) < 4.78 is 35.1. The lowest BCUT2D eigenvalue weighted by Gasteiger charge is -2.10. The Balaban J connectivity index is 1.56. The number of ether oxygens (including phenoxy) is 1. The largest absolute Gasteiger partial charge is 0.460 e. The van der Waals surface area contributed by atoms with Crippen LogP contribution in [0, 0.1) is 0 Å². The lowest BCUT2D eigenvalue weighted by atomic mass is 10.1. The molecule has 0 aliphatic carbocycles. The average Bonchev–Trinajstić information content (AvgIpc) is 2.96. The van der Waals surface area contributed by atoms with Crippen LogP contribution in [0.15, 0.2) is 78.5 Å². The first kappa shape index (κ1) is 18.0. The van der Waals surface area contributed by atoms with Gasteiger partial charge in [0, 0.05) is 17.1 Å². The van der Waals surface area contributed by atoms with Gasteiger partial charge in [0.15, 0.2) is 6.10 Å². The molecule has 0 fully saturated rings. The molecule has 142 valence electrons. The van der Waals surface area contributed by atoms with E-state index in [1.54, 1.807) is 36.4 Å². The van der Waals surface area contributed by atoms with E-state index in [2.05, 4.69) is 4.98 Å². The smallest absolute Gasteiger partial charge is 0.313 e. The highest BCUT2D eigenvalue weighted by Crippen LogP contribution is 2.33. The van der Waals surface area contributed by atoms with Crippen LogP contribution in [0.5, 0.6) is 0 Å². The summed E-state index contributed by atoms with van der Waals surface area (Å²) in [7, 11) is -4.08. The van der Waals surface area contributed by atoms with E-state index in [0.717, 1.165) is 10.9 Å². The van der Waals surface area contributed by atoms with Crippen LogP contribution in [0.3, 0.4) is 0 Å². The lowest BCUT2D eigenvalue weighted by molar-refractivity contribution is -0.123. The van der Waals surface area contributed by atoms with Crippen LogP contribution in [0.4, 0.5) is 0 Å². The Labute approximate surface area is 161 Å². The van der Waals surface area contributed by atoms with Gasteiger partial charge >= 0.3 is 10.1 Å². The Bertz CT molecular complexity index is 1190. The third kappa shape index (κ3) is 3.54. The van der Waals surface area contributed by atoms with Crippen LogP contribution in [0.25, 0.3) is 10.9 Å². The van der Waals surface area contributed by atoms with E-state index in [1.165, 1.54) is 6.20 Å². The van der Waals surface area contributed by atoms with E-state index < -0.39 is 27.8 Å². The number of aromatic nitrogens is 1. The van der Waals surface area contributed by atoms with Crippen molar-refractivity contribution in [1.82, 2.24) is 4.98 Å². The van der Waals surface area contributed by atoms with Gasteiger partial charge in [-0.25, -0.2) is 0 Å². The third-order valence-corrected chi connectivity index (χ3v) is 5.35. The maximum absolute atomic E-state index is 12.7. The number of ketones is 1. The number of benzene rings is 2. The van der Waals surface area contributed by atoms with Crippen molar-refractivity contribution in [2.75, 3.05) is 0 Å². The highest BCUT2D eigenvalue weighted by Gasteiger charge is 2.39. The van der Waals surface area contributed by atoms with E-state index >= 15 is 0 Å². The molecule has 1 aromatic heterocycles. The maximum atomic E-state index is 12.7. The van der Waals surface area contributed by atoms with E-state index in [1.807, 2.05) is 24.3 Å². The number of para-hydroxylation sites is 1. The van der Waals surface area contributed by atoms with Gasteiger partial charge in [0.2, 0.25) is 17.4 Å². The number of hydrogen-bond donors (Lipinski definition) is 1. The molecule has 0 saturated heterocycles. The number of nitrogens with two attached hydrogens (primary N) is 1. The molecule has 1 atom stereocenters. The normalized spacial score (nSPS) is 17.0. The van der Waals surface area contributed by atoms with Crippen molar-refractivity contribution in [2.24, 2.45) is 5.73 Å². The standard InChI is InChI=1S/C20H16N2O5S/c21-20-19(27-28(24,25)12-13-6-2-1-3-7-13)17(23)18(26-20)15-10-14-8-4-5-9-16(14)22-11-15/h1-11,18H,12,21H2. The van der Waals surface area contributed by atoms with E-state index in [0.29, 0.717) is 11.1 Å². The van der Waals surface area contributed by atoms with Gasteiger partial charge in [-0.1, -0.05) is 48.5 Å². The molecule has 1 unspecified atom stereocenters. The molecule has 4 rings (SSSR count). The minimum Gasteiger partial charge on any atom is -0.460 e. The maximum Gasteiger partial charge on any atom is 0.313 e. The molecule has 2 heterocycles. The second-order valence-corrected chi connectivity index (χ2v) is 7.86. The van der Waals surface area contributed by atoms with Gasteiger partial charge in [-0.05, 0) is 17.7 Å². The predicted octanol–water partition coefficient (Wildman–Crippen LogP) is 2.55. The summed E-state index contributed by atoms with van der Waals surface area (Å²) >= 11 is 0. The number of nitrogens with zero attached hydrogens (tertiary/aromatic N) is 1. The molecule has 2 N–H and O–H groups in total. The van der Waals surface area contributed by atoms with Gasteiger partial charge in [-0.2, -0.15) is 8.42 Å². The van der Waals surface area contributed by atoms with Crippen molar-refractivity contribution in [3.8, 4) is 0 Å². The van der Waals surface area contributed by atoms with Gasteiger partial charge in [-0.15, -0.1) is 0 Å². The predicted molar refractivity (Wildman–Crippen MR) is 102 cm³/mol. The van der Waals surface area contributed by atoms with E-state index in [4.69, 9.17) is 14.7 Å². The van der Waals surface area contributed by atoms with Crippen molar-refractivity contribution < 1.29 is 22.1 Å². The molecule has 0 radical (unpaired) electrons. The van der Waals surface area contributed by atoms with Crippen LogP contribution < -0.4 is 5.73 Å².